The molecule has 0 saturated carbocycles. The summed E-state index contributed by atoms with van der Waals surface area (Å²) in [5, 5.41) is 14.6. The van der Waals surface area contributed by atoms with Gasteiger partial charge in [-0.2, -0.15) is 0 Å². The van der Waals surface area contributed by atoms with Crippen LogP contribution in [0.3, 0.4) is 0 Å². The van der Waals surface area contributed by atoms with Crippen molar-refractivity contribution >= 4 is 29.2 Å². The summed E-state index contributed by atoms with van der Waals surface area (Å²) in [6, 6.07) is 19.8. The average molecular weight is 454 g/mol. The number of ether oxygens (including phenoxy) is 1. The molecular weight excluding hydrogens is 437 g/mol. The van der Waals surface area contributed by atoms with Crippen molar-refractivity contribution in [2.24, 2.45) is 0 Å². The van der Waals surface area contributed by atoms with Crippen LogP contribution in [0.15, 0.2) is 71.3 Å². The first-order chi connectivity index (χ1) is 14.9. The second-order valence-corrected chi connectivity index (χ2v) is 7.75. The maximum atomic E-state index is 11.7. The Morgan fingerprint density at radius 3 is 2.48 bits per heavy atom. The van der Waals surface area contributed by atoms with E-state index >= 15 is 0 Å². The van der Waals surface area contributed by atoms with E-state index in [4.69, 9.17) is 32.5 Å². The Morgan fingerprint density at radius 1 is 1.06 bits per heavy atom. The van der Waals surface area contributed by atoms with Crippen molar-refractivity contribution in [3.8, 4) is 28.2 Å². The summed E-state index contributed by atoms with van der Waals surface area (Å²) in [5.74, 6) is -0.139. The fraction of sp³-hybridized carbons (Fsp3) is 0.0833. The van der Waals surface area contributed by atoms with E-state index in [0.717, 1.165) is 16.7 Å². The molecule has 0 atom stereocenters. The van der Waals surface area contributed by atoms with E-state index in [9.17, 15) is 9.90 Å². The Balaban J connectivity index is 1.68. The number of rotatable bonds is 6. The first-order valence-corrected chi connectivity index (χ1v) is 10.2. The van der Waals surface area contributed by atoms with Crippen LogP contribution in [-0.2, 0) is 6.61 Å². The molecule has 0 aliphatic rings. The lowest BCUT2D eigenvalue weighted by Crippen LogP contribution is -1.99. The average Bonchev–Trinajstić information content (AvgIpc) is 3.19. The predicted molar refractivity (Wildman–Crippen MR) is 120 cm³/mol. The van der Waals surface area contributed by atoms with Gasteiger partial charge in [0.2, 0.25) is 0 Å². The van der Waals surface area contributed by atoms with Gasteiger partial charge in [-0.3, -0.25) is 0 Å². The van der Waals surface area contributed by atoms with E-state index < -0.39 is 5.97 Å². The summed E-state index contributed by atoms with van der Waals surface area (Å²) < 4.78 is 11.3. The Hall–Kier alpha value is -3.28. The highest BCUT2D eigenvalue weighted by Gasteiger charge is 2.25. The SMILES string of the molecule is Cc1cc(OCc2ccccc2Cl)ccc1-c1onc(C(=O)O)c1-c1ccc(Cl)cc1. The maximum absolute atomic E-state index is 11.7. The number of carboxylic acid groups (broad SMARTS) is 1. The second kappa shape index (κ2) is 8.84. The Bertz CT molecular complexity index is 1250. The maximum Gasteiger partial charge on any atom is 0.358 e. The van der Waals surface area contributed by atoms with Crippen LogP contribution in [0.5, 0.6) is 5.75 Å². The van der Waals surface area contributed by atoms with Crippen molar-refractivity contribution in [3.63, 3.8) is 0 Å². The summed E-state index contributed by atoms with van der Waals surface area (Å²) in [5.41, 5.74) is 3.34. The van der Waals surface area contributed by atoms with Crippen LogP contribution in [0.2, 0.25) is 10.0 Å². The summed E-state index contributed by atoms with van der Waals surface area (Å²) in [6.45, 7) is 2.23. The number of hydrogen-bond donors (Lipinski definition) is 1. The van der Waals surface area contributed by atoms with Crippen LogP contribution in [0.4, 0.5) is 0 Å². The molecule has 3 aromatic carbocycles. The monoisotopic (exact) mass is 453 g/mol. The molecule has 156 valence electrons. The highest BCUT2D eigenvalue weighted by atomic mass is 35.5. The minimum Gasteiger partial charge on any atom is -0.489 e. The lowest BCUT2D eigenvalue weighted by molar-refractivity contribution is 0.0686. The van der Waals surface area contributed by atoms with Crippen LogP contribution in [0.25, 0.3) is 22.5 Å². The van der Waals surface area contributed by atoms with Crippen molar-refractivity contribution in [1.29, 1.82) is 0 Å². The smallest absolute Gasteiger partial charge is 0.358 e. The third-order valence-electron chi connectivity index (χ3n) is 4.82. The van der Waals surface area contributed by atoms with Crippen LogP contribution < -0.4 is 4.74 Å². The molecule has 0 aliphatic heterocycles. The van der Waals surface area contributed by atoms with E-state index in [0.29, 0.717) is 39.3 Å². The number of hydrogen-bond acceptors (Lipinski definition) is 4. The molecule has 1 N–H and O–H groups in total. The summed E-state index contributed by atoms with van der Waals surface area (Å²) >= 11 is 12.2. The van der Waals surface area contributed by atoms with Gasteiger partial charge in [-0.05, 0) is 54.4 Å². The van der Waals surface area contributed by atoms with Gasteiger partial charge in [-0.1, -0.05) is 58.7 Å². The lowest BCUT2D eigenvalue weighted by Gasteiger charge is -2.11. The van der Waals surface area contributed by atoms with E-state index in [2.05, 4.69) is 5.16 Å². The molecule has 0 unspecified atom stereocenters. The Kier molecular flexibility index (Phi) is 5.98. The number of nitrogens with zero attached hydrogens (tertiary/aromatic N) is 1. The first-order valence-electron chi connectivity index (χ1n) is 9.40. The van der Waals surface area contributed by atoms with Gasteiger partial charge in [-0.15, -0.1) is 0 Å². The van der Waals surface area contributed by atoms with E-state index in [1.165, 1.54) is 0 Å². The molecule has 0 radical (unpaired) electrons. The van der Waals surface area contributed by atoms with Crippen LogP contribution in [0.1, 0.15) is 21.6 Å². The van der Waals surface area contributed by atoms with Gasteiger partial charge in [0.1, 0.15) is 12.4 Å². The quantitative estimate of drug-likeness (QED) is 0.343. The molecule has 7 heteroatoms. The number of carbonyl (C=O) groups is 1. The highest BCUT2D eigenvalue weighted by Crippen LogP contribution is 2.38. The molecule has 0 saturated heterocycles. The van der Waals surface area contributed by atoms with E-state index in [1.54, 1.807) is 30.3 Å². The van der Waals surface area contributed by atoms with Gasteiger partial charge in [-0.25, -0.2) is 4.79 Å². The summed E-state index contributed by atoms with van der Waals surface area (Å²) in [6.07, 6.45) is 0. The van der Waals surface area contributed by atoms with Gasteiger partial charge in [0.05, 0.1) is 5.56 Å². The molecular formula is C24H17Cl2NO4. The van der Waals surface area contributed by atoms with Gasteiger partial charge >= 0.3 is 5.97 Å². The Morgan fingerprint density at radius 2 is 1.81 bits per heavy atom. The summed E-state index contributed by atoms with van der Waals surface area (Å²) in [4.78, 5) is 11.7. The number of aryl methyl sites for hydroxylation is 1. The molecule has 0 amide bonds. The first kappa shape index (κ1) is 21.0. The largest absolute Gasteiger partial charge is 0.489 e. The highest BCUT2D eigenvalue weighted by molar-refractivity contribution is 6.31. The molecule has 4 aromatic rings. The van der Waals surface area contributed by atoms with E-state index in [-0.39, 0.29) is 5.69 Å². The van der Waals surface area contributed by atoms with Crippen LogP contribution >= 0.6 is 23.2 Å². The number of aromatic nitrogens is 1. The number of halogens is 2. The van der Waals surface area contributed by atoms with Crippen LogP contribution in [-0.4, -0.2) is 16.2 Å². The summed E-state index contributed by atoms with van der Waals surface area (Å²) in [7, 11) is 0. The van der Waals surface area contributed by atoms with E-state index in [1.807, 2.05) is 43.3 Å². The minimum absolute atomic E-state index is 0.157. The van der Waals surface area contributed by atoms with Crippen molar-refractivity contribution < 1.29 is 19.2 Å². The second-order valence-electron chi connectivity index (χ2n) is 6.90. The fourth-order valence-electron chi connectivity index (χ4n) is 3.26. The van der Waals surface area contributed by atoms with Crippen molar-refractivity contribution in [3.05, 3.63) is 93.6 Å². The zero-order valence-corrected chi connectivity index (χ0v) is 17.9. The normalized spacial score (nSPS) is 10.8. The molecule has 0 aliphatic carbocycles. The van der Waals surface area contributed by atoms with Gasteiger partial charge in [0, 0.05) is 21.2 Å². The van der Waals surface area contributed by atoms with Crippen molar-refractivity contribution in [2.75, 3.05) is 0 Å². The van der Waals surface area contributed by atoms with Gasteiger partial charge in [0.25, 0.3) is 0 Å². The molecule has 31 heavy (non-hydrogen) atoms. The zero-order valence-electron chi connectivity index (χ0n) is 16.4. The molecule has 1 aromatic heterocycles. The number of benzene rings is 3. The van der Waals surface area contributed by atoms with Crippen molar-refractivity contribution in [1.82, 2.24) is 5.16 Å². The molecule has 4 rings (SSSR count). The Labute approximate surface area is 188 Å². The standard InChI is InChI=1S/C24H17Cl2NO4/c1-14-12-18(30-13-16-4-2-3-5-20(16)26)10-11-19(14)23-21(22(24(28)29)27-31-23)15-6-8-17(25)9-7-15/h2-12H,13H2,1H3,(H,28,29). The number of aromatic carboxylic acids is 1. The molecule has 1 heterocycles. The fourth-order valence-corrected chi connectivity index (χ4v) is 3.58. The third-order valence-corrected chi connectivity index (χ3v) is 5.44. The van der Waals surface area contributed by atoms with Gasteiger partial charge < -0.3 is 14.4 Å². The zero-order chi connectivity index (χ0) is 22.0. The molecule has 5 nitrogen and oxygen atoms in total. The molecule has 0 spiro atoms. The van der Waals surface area contributed by atoms with Crippen LogP contribution in [0, 0.1) is 6.92 Å². The minimum atomic E-state index is -1.17. The lowest BCUT2D eigenvalue weighted by atomic mass is 9.97. The number of carboxylic acids is 1. The van der Waals surface area contributed by atoms with Gasteiger partial charge in [0.15, 0.2) is 11.5 Å². The topological polar surface area (TPSA) is 72.6 Å². The molecule has 0 fully saturated rings. The molecule has 0 bridgehead atoms. The predicted octanol–water partition coefficient (Wildman–Crippen LogP) is 6.90. The van der Waals surface area contributed by atoms with Crippen molar-refractivity contribution in [2.45, 2.75) is 13.5 Å². The third kappa shape index (κ3) is 4.43.